The Balaban J connectivity index is 1.46. The van der Waals surface area contributed by atoms with E-state index in [-0.39, 0.29) is 18.2 Å². The molecule has 8 heteroatoms. The standard InChI is InChI=1S/C26H32N4O4/c1-16(2)28-26(31)29-19-7-5-18(6-8-19)25-24(27)22-10-9-20(34-21-13-32-15-33-14-21)11-23(22)30(25)12-17-3-4-17/h5-11,16-17,21H,3-4,12-15,27H2,1-2H3,(H2,28,29,31). The molecular formula is C26H32N4O4. The highest BCUT2D eigenvalue weighted by Crippen LogP contribution is 2.41. The lowest BCUT2D eigenvalue weighted by atomic mass is 10.1. The number of anilines is 2. The van der Waals surface area contributed by atoms with Crippen LogP contribution in [0.4, 0.5) is 16.2 Å². The van der Waals surface area contributed by atoms with Gasteiger partial charge in [0.1, 0.15) is 18.6 Å². The Morgan fingerprint density at radius 2 is 1.88 bits per heavy atom. The average Bonchev–Trinajstić information content (AvgIpc) is 3.59. The number of hydrogen-bond acceptors (Lipinski definition) is 5. The molecule has 2 heterocycles. The van der Waals surface area contributed by atoms with Gasteiger partial charge in [-0.15, -0.1) is 0 Å². The summed E-state index contributed by atoms with van der Waals surface area (Å²) in [6.45, 7) is 6.13. The number of fused-ring (bicyclic) bond motifs is 1. The van der Waals surface area contributed by atoms with Crippen molar-refractivity contribution < 1.29 is 19.0 Å². The Bertz CT molecular complexity index is 1160. The molecule has 1 saturated heterocycles. The maximum absolute atomic E-state index is 12.0. The van der Waals surface area contributed by atoms with Crippen LogP contribution in [0.5, 0.6) is 5.75 Å². The molecule has 1 aliphatic carbocycles. The van der Waals surface area contributed by atoms with Crippen molar-refractivity contribution in [2.75, 3.05) is 31.1 Å². The molecule has 180 valence electrons. The fourth-order valence-electron chi connectivity index (χ4n) is 4.36. The third-order valence-electron chi connectivity index (χ3n) is 6.13. The molecule has 4 N–H and O–H groups in total. The zero-order valence-electron chi connectivity index (χ0n) is 19.7. The van der Waals surface area contributed by atoms with Gasteiger partial charge in [-0.1, -0.05) is 12.1 Å². The number of nitrogen functional groups attached to an aromatic ring is 1. The number of carbonyl (C=O) groups excluding carboxylic acids is 1. The first-order valence-electron chi connectivity index (χ1n) is 11.9. The SMILES string of the molecule is CC(C)NC(=O)Nc1ccc(-c2c(N)c3ccc(OC4COCOC4)cc3n2CC2CC2)cc1. The van der Waals surface area contributed by atoms with Crippen LogP contribution < -0.4 is 21.1 Å². The molecule has 8 nitrogen and oxygen atoms in total. The van der Waals surface area contributed by atoms with Gasteiger partial charge in [-0.05, 0) is 56.9 Å². The van der Waals surface area contributed by atoms with Crippen molar-refractivity contribution in [2.45, 2.75) is 45.4 Å². The molecule has 1 aromatic heterocycles. The summed E-state index contributed by atoms with van der Waals surface area (Å²) in [4.78, 5) is 12.0. The molecule has 0 bridgehead atoms. The molecule has 0 radical (unpaired) electrons. The second kappa shape index (κ2) is 9.56. The van der Waals surface area contributed by atoms with Crippen LogP contribution >= 0.6 is 0 Å². The lowest BCUT2D eigenvalue weighted by Gasteiger charge is -2.23. The highest BCUT2D eigenvalue weighted by atomic mass is 16.7. The van der Waals surface area contributed by atoms with E-state index in [4.69, 9.17) is 19.9 Å². The summed E-state index contributed by atoms with van der Waals surface area (Å²) in [7, 11) is 0. The maximum Gasteiger partial charge on any atom is 0.319 e. The van der Waals surface area contributed by atoms with Crippen LogP contribution in [0.15, 0.2) is 42.5 Å². The molecular weight excluding hydrogens is 432 g/mol. The number of nitrogens with one attached hydrogen (secondary N) is 2. The highest BCUT2D eigenvalue weighted by molar-refractivity contribution is 6.01. The van der Waals surface area contributed by atoms with E-state index in [0.29, 0.717) is 25.9 Å². The normalized spacial score (nSPS) is 16.7. The number of carbonyl (C=O) groups is 1. The minimum absolute atomic E-state index is 0.0734. The first-order valence-corrected chi connectivity index (χ1v) is 11.9. The van der Waals surface area contributed by atoms with E-state index in [1.807, 2.05) is 50.2 Å². The first kappa shape index (κ1) is 22.6. The van der Waals surface area contributed by atoms with Gasteiger partial charge in [0.2, 0.25) is 0 Å². The molecule has 2 fully saturated rings. The molecule has 34 heavy (non-hydrogen) atoms. The number of benzene rings is 2. The van der Waals surface area contributed by atoms with Crippen LogP contribution in [0.25, 0.3) is 22.2 Å². The Hall–Kier alpha value is -3.23. The van der Waals surface area contributed by atoms with Gasteiger partial charge in [-0.25, -0.2) is 4.79 Å². The smallest absolute Gasteiger partial charge is 0.319 e. The summed E-state index contributed by atoms with van der Waals surface area (Å²) in [5.74, 6) is 1.45. The van der Waals surface area contributed by atoms with Crippen LogP contribution in [0.2, 0.25) is 0 Å². The summed E-state index contributed by atoms with van der Waals surface area (Å²) >= 11 is 0. The quantitative estimate of drug-likeness (QED) is 0.475. The number of aromatic nitrogens is 1. The van der Waals surface area contributed by atoms with Gasteiger partial charge < -0.3 is 35.1 Å². The second-order valence-electron chi connectivity index (χ2n) is 9.43. The van der Waals surface area contributed by atoms with Crippen LogP contribution in [-0.2, 0) is 16.0 Å². The zero-order valence-corrected chi connectivity index (χ0v) is 19.7. The van der Waals surface area contributed by atoms with Gasteiger partial charge in [0.05, 0.1) is 30.1 Å². The van der Waals surface area contributed by atoms with E-state index in [1.54, 1.807) is 0 Å². The topological polar surface area (TPSA) is 99.8 Å². The predicted molar refractivity (Wildman–Crippen MR) is 133 cm³/mol. The third kappa shape index (κ3) is 4.98. The third-order valence-corrected chi connectivity index (χ3v) is 6.13. The van der Waals surface area contributed by atoms with Crippen molar-refractivity contribution >= 4 is 28.3 Å². The molecule has 0 spiro atoms. The largest absolute Gasteiger partial charge is 0.486 e. The Morgan fingerprint density at radius 1 is 1.15 bits per heavy atom. The molecule has 2 aliphatic rings. The summed E-state index contributed by atoms with van der Waals surface area (Å²) in [6.07, 6.45) is 2.35. The number of rotatable bonds is 7. The molecule has 2 aromatic carbocycles. The Morgan fingerprint density at radius 3 is 2.56 bits per heavy atom. The van der Waals surface area contributed by atoms with E-state index in [9.17, 15) is 4.79 Å². The summed E-state index contributed by atoms with van der Waals surface area (Å²) in [5.41, 5.74) is 11.3. The molecule has 1 saturated carbocycles. The predicted octanol–water partition coefficient (Wildman–Crippen LogP) is 4.58. The molecule has 5 rings (SSSR count). The minimum atomic E-state index is -0.216. The monoisotopic (exact) mass is 464 g/mol. The first-order chi connectivity index (χ1) is 16.5. The van der Waals surface area contributed by atoms with Gasteiger partial charge >= 0.3 is 6.03 Å². The average molecular weight is 465 g/mol. The summed E-state index contributed by atoms with van der Waals surface area (Å²) in [6, 6.07) is 13.7. The lowest BCUT2D eigenvalue weighted by molar-refractivity contribution is -0.143. The number of nitrogens with zero attached hydrogens (tertiary/aromatic N) is 1. The number of amides is 2. The van der Waals surface area contributed by atoms with Crippen molar-refractivity contribution in [3.8, 4) is 17.0 Å². The molecule has 0 unspecified atom stereocenters. The van der Waals surface area contributed by atoms with Gasteiger partial charge in [-0.2, -0.15) is 0 Å². The zero-order chi connectivity index (χ0) is 23.7. The van der Waals surface area contributed by atoms with E-state index in [0.717, 1.165) is 45.8 Å². The van der Waals surface area contributed by atoms with Gasteiger partial charge in [0, 0.05) is 35.3 Å². The van der Waals surface area contributed by atoms with Gasteiger partial charge in [-0.3, -0.25) is 0 Å². The lowest BCUT2D eigenvalue weighted by Crippen LogP contribution is -2.34. The number of urea groups is 1. The summed E-state index contributed by atoms with van der Waals surface area (Å²) < 4.78 is 19.2. The van der Waals surface area contributed by atoms with Crippen LogP contribution in [0, 0.1) is 5.92 Å². The minimum Gasteiger partial charge on any atom is -0.486 e. The molecule has 3 aromatic rings. The van der Waals surface area contributed by atoms with Crippen LogP contribution in [-0.4, -0.2) is 42.8 Å². The van der Waals surface area contributed by atoms with Crippen molar-refractivity contribution in [1.29, 1.82) is 0 Å². The van der Waals surface area contributed by atoms with Crippen molar-refractivity contribution in [3.63, 3.8) is 0 Å². The van der Waals surface area contributed by atoms with E-state index in [2.05, 4.69) is 21.3 Å². The Labute approximate surface area is 199 Å². The van der Waals surface area contributed by atoms with Gasteiger partial charge in [0.15, 0.2) is 0 Å². The highest BCUT2D eigenvalue weighted by Gasteiger charge is 2.26. The van der Waals surface area contributed by atoms with Gasteiger partial charge in [0.25, 0.3) is 0 Å². The second-order valence-corrected chi connectivity index (χ2v) is 9.43. The fourth-order valence-corrected chi connectivity index (χ4v) is 4.36. The fraction of sp³-hybridized carbons (Fsp3) is 0.423. The van der Waals surface area contributed by atoms with Crippen LogP contribution in [0.1, 0.15) is 26.7 Å². The number of hydrogen-bond donors (Lipinski definition) is 3. The Kier molecular flexibility index (Phi) is 6.34. The van der Waals surface area contributed by atoms with Crippen LogP contribution in [0.3, 0.4) is 0 Å². The molecule has 0 atom stereocenters. The number of nitrogens with two attached hydrogens (primary N) is 1. The van der Waals surface area contributed by atoms with Crippen molar-refractivity contribution in [3.05, 3.63) is 42.5 Å². The van der Waals surface area contributed by atoms with Crippen molar-refractivity contribution in [1.82, 2.24) is 9.88 Å². The molecule has 1 aliphatic heterocycles. The number of ether oxygens (including phenoxy) is 3. The van der Waals surface area contributed by atoms with E-state index in [1.165, 1.54) is 12.8 Å². The summed E-state index contributed by atoms with van der Waals surface area (Å²) in [5, 5.41) is 6.72. The van der Waals surface area contributed by atoms with E-state index < -0.39 is 0 Å². The van der Waals surface area contributed by atoms with E-state index >= 15 is 0 Å². The van der Waals surface area contributed by atoms with Crippen molar-refractivity contribution in [2.24, 2.45) is 5.92 Å². The maximum atomic E-state index is 12.0. The molecule has 2 amide bonds.